The maximum absolute atomic E-state index is 11.3. The van der Waals surface area contributed by atoms with Crippen molar-refractivity contribution < 1.29 is 4.79 Å². The van der Waals surface area contributed by atoms with Gasteiger partial charge >= 0.3 is 0 Å². The predicted molar refractivity (Wildman–Crippen MR) is 95.1 cm³/mol. The van der Waals surface area contributed by atoms with Gasteiger partial charge in [-0.25, -0.2) is 4.98 Å². The maximum Gasteiger partial charge on any atom is 0.219 e. The number of rotatable bonds is 4. The number of nitrogens with zero attached hydrogens (tertiary/aromatic N) is 3. The van der Waals surface area contributed by atoms with E-state index < -0.39 is 0 Å². The van der Waals surface area contributed by atoms with E-state index in [2.05, 4.69) is 52.9 Å². The van der Waals surface area contributed by atoms with Gasteiger partial charge in [0.2, 0.25) is 5.91 Å². The molecule has 2 aromatic carbocycles. The minimum Gasteiger partial charge on any atom is -0.370 e. The van der Waals surface area contributed by atoms with Gasteiger partial charge in [-0.05, 0) is 30.7 Å². The molecule has 2 heterocycles. The molecule has 5 nitrogen and oxygen atoms in total. The lowest BCUT2D eigenvalue weighted by molar-refractivity contribution is -0.118. The van der Waals surface area contributed by atoms with Crippen molar-refractivity contribution in [2.75, 3.05) is 0 Å². The third-order valence-corrected chi connectivity index (χ3v) is 4.45. The molecule has 5 heteroatoms. The van der Waals surface area contributed by atoms with E-state index in [1.54, 1.807) is 12.5 Å². The summed E-state index contributed by atoms with van der Waals surface area (Å²) in [6.07, 6.45) is 5.82. The lowest BCUT2D eigenvalue weighted by Crippen LogP contribution is -2.14. The fraction of sp³-hybridized carbons (Fsp3) is 0.158. The van der Waals surface area contributed by atoms with Gasteiger partial charge in [0.15, 0.2) is 0 Å². The number of hydrogen-bond donors (Lipinski definition) is 1. The van der Waals surface area contributed by atoms with Crippen LogP contribution in [-0.2, 0) is 11.3 Å². The molecule has 1 amide bonds. The number of benzene rings is 2. The van der Waals surface area contributed by atoms with Crippen LogP contribution in [0.2, 0.25) is 0 Å². The molecular formula is C19H18N4O. The number of carbonyl (C=O) groups is 1. The molecule has 0 aliphatic carbocycles. The summed E-state index contributed by atoms with van der Waals surface area (Å²) in [7, 11) is 0. The summed E-state index contributed by atoms with van der Waals surface area (Å²) >= 11 is 0. The van der Waals surface area contributed by atoms with Crippen LogP contribution in [-0.4, -0.2) is 20.0 Å². The standard InChI is InChI=1S/C19H18N4O/c1-13-3-2-4-15-16-11-14(22-10-8-21-12-22)5-6-17(16)23(19(13)15)9-7-18(20)24/h2-6,8,10-12H,7,9H2,1H3,(H2,20,24). The molecule has 0 atom stereocenters. The van der Waals surface area contributed by atoms with Gasteiger partial charge in [-0.3, -0.25) is 4.79 Å². The highest BCUT2D eigenvalue weighted by Gasteiger charge is 2.13. The van der Waals surface area contributed by atoms with Crippen molar-refractivity contribution in [3.8, 4) is 5.69 Å². The molecule has 0 saturated heterocycles. The van der Waals surface area contributed by atoms with Crippen LogP contribution in [0.5, 0.6) is 0 Å². The zero-order valence-corrected chi connectivity index (χ0v) is 13.4. The largest absolute Gasteiger partial charge is 0.370 e. The highest BCUT2D eigenvalue weighted by Crippen LogP contribution is 2.32. The zero-order valence-electron chi connectivity index (χ0n) is 13.4. The van der Waals surface area contributed by atoms with E-state index in [0.29, 0.717) is 13.0 Å². The molecular weight excluding hydrogens is 300 g/mol. The first-order chi connectivity index (χ1) is 11.6. The van der Waals surface area contributed by atoms with Crippen LogP contribution in [0, 0.1) is 6.92 Å². The minimum atomic E-state index is -0.284. The van der Waals surface area contributed by atoms with Gasteiger partial charge in [-0.1, -0.05) is 18.2 Å². The first-order valence-electron chi connectivity index (χ1n) is 7.93. The van der Waals surface area contributed by atoms with Crippen molar-refractivity contribution in [2.45, 2.75) is 19.9 Å². The van der Waals surface area contributed by atoms with E-state index in [1.165, 1.54) is 16.3 Å². The molecule has 4 rings (SSSR count). The summed E-state index contributed by atoms with van der Waals surface area (Å²) in [4.78, 5) is 15.4. The lowest BCUT2D eigenvalue weighted by Gasteiger charge is -2.08. The van der Waals surface area contributed by atoms with E-state index in [1.807, 2.05) is 10.8 Å². The van der Waals surface area contributed by atoms with E-state index in [9.17, 15) is 4.79 Å². The Labute approximate surface area is 139 Å². The van der Waals surface area contributed by atoms with Crippen LogP contribution in [0.4, 0.5) is 0 Å². The molecule has 0 aliphatic heterocycles. The smallest absolute Gasteiger partial charge is 0.219 e. The average Bonchev–Trinajstić information content (AvgIpc) is 3.19. The average molecular weight is 318 g/mol. The van der Waals surface area contributed by atoms with Crippen molar-refractivity contribution >= 4 is 27.7 Å². The van der Waals surface area contributed by atoms with Gasteiger partial charge in [0.25, 0.3) is 0 Å². The topological polar surface area (TPSA) is 65.8 Å². The fourth-order valence-corrected chi connectivity index (χ4v) is 3.36. The van der Waals surface area contributed by atoms with Crippen molar-refractivity contribution in [1.82, 2.24) is 14.1 Å². The Morgan fingerprint density at radius 2 is 2.08 bits per heavy atom. The molecule has 0 bridgehead atoms. The van der Waals surface area contributed by atoms with Crippen molar-refractivity contribution in [3.63, 3.8) is 0 Å². The highest BCUT2D eigenvalue weighted by molar-refractivity contribution is 6.09. The molecule has 4 aromatic rings. The predicted octanol–water partition coefficient (Wildman–Crippen LogP) is 3.16. The van der Waals surface area contributed by atoms with E-state index in [-0.39, 0.29) is 5.91 Å². The van der Waals surface area contributed by atoms with Gasteiger partial charge < -0.3 is 14.9 Å². The first-order valence-corrected chi connectivity index (χ1v) is 7.93. The molecule has 24 heavy (non-hydrogen) atoms. The summed E-state index contributed by atoms with van der Waals surface area (Å²) in [6, 6.07) is 12.6. The summed E-state index contributed by atoms with van der Waals surface area (Å²) in [5.74, 6) is -0.284. The number of hydrogen-bond acceptors (Lipinski definition) is 2. The number of aryl methyl sites for hydroxylation is 2. The Hall–Kier alpha value is -3.08. The SMILES string of the molecule is Cc1cccc2c3cc(-n4ccnc4)ccc3n(CCC(N)=O)c12. The number of para-hydroxylation sites is 1. The molecule has 0 unspecified atom stereocenters. The van der Waals surface area contributed by atoms with E-state index in [0.717, 1.165) is 16.7 Å². The van der Waals surface area contributed by atoms with Crippen LogP contribution in [0.25, 0.3) is 27.5 Å². The fourth-order valence-electron chi connectivity index (χ4n) is 3.36. The summed E-state index contributed by atoms with van der Waals surface area (Å²) in [5, 5.41) is 2.36. The quantitative estimate of drug-likeness (QED) is 0.628. The second-order valence-electron chi connectivity index (χ2n) is 6.01. The Kier molecular flexibility index (Phi) is 3.34. The van der Waals surface area contributed by atoms with Crippen LogP contribution in [0.1, 0.15) is 12.0 Å². The highest BCUT2D eigenvalue weighted by atomic mass is 16.1. The van der Waals surface area contributed by atoms with E-state index >= 15 is 0 Å². The molecule has 0 saturated carbocycles. The molecule has 2 N–H and O–H groups in total. The number of fused-ring (bicyclic) bond motifs is 3. The minimum absolute atomic E-state index is 0.284. The number of aromatic nitrogens is 3. The van der Waals surface area contributed by atoms with Crippen molar-refractivity contribution in [3.05, 3.63) is 60.7 Å². The number of primary amides is 1. The Balaban J connectivity index is 1.99. The Bertz CT molecular complexity index is 1040. The summed E-state index contributed by atoms with van der Waals surface area (Å²) < 4.78 is 4.18. The zero-order chi connectivity index (χ0) is 16.7. The van der Waals surface area contributed by atoms with Crippen LogP contribution in [0.3, 0.4) is 0 Å². The monoisotopic (exact) mass is 318 g/mol. The third-order valence-electron chi connectivity index (χ3n) is 4.45. The van der Waals surface area contributed by atoms with Crippen LogP contribution in [0.15, 0.2) is 55.1 Å². The van der Waals surface area contributed by atoms with Gasteiger partial charge in [-0.2, -0.15) is 0 Å². The first kappa shape index (κ1) is 14.5. The molecule has 0 spiro atoms. The van der Waals surface area contributed by atoms with E-state index in [4.69, 9.17) is 5.73 Å². The number of carbonyl (C=O) groups excluding carboxylic acids is 1. The number of amides is 1. The molecule has 120 valence electrons. The van der Waals surface area contributed by atoms with Gasteiger partial charge in [-0.15, -0.1) is 0 Å². The Morgan fingerprint density at radius 1 is 1.21 bits per heavy atom. The molecule has 0 fully saturated rings. The molecule has 0 radical (unpaired) electrons. The molecule has 2 aromatic heterocycles. The van der Waals surface area contributed by atoms with Gasteiger partial charge in [0.1, 0.15) is 0 Å². The molecule has 0 aliphatic rings. The number of imidazole rings is 1. The second kappa shape index (κ2) is 5.53. The van der Waals surface area contributed by atoms with Crippen molar-refractivity contribution in [2.24, 2.45) is 5.73 Å². The van der Waals surface area contributed by atoms with Crippen LogP contribution < -0.4 is 5.73 Å². The summed E-state index contributed by atoms with van der Waals surface area (Å²) in [6.45, 7) is 2.68. The van der Waals surface area contributed by atoms with Crippen LogP contribution >= 0.6 is 0 Å². The third kappa shape index (κ3) is 2.25. The van der Waals surface area contributed by atoms with Gasteiger partial charge in [0.05, 0.1) is 11.8 Å². The van der Waals surface area contributed by atoms with Crippen molar-refractivity contribution in [1.29, 1.82) is 0 Å². The van der Waals surface area contributed by atoms with Gasteiger partial charge in [0, 0.05) is 47.3 Å². The lowest BCUT2D eigenvalue weighted by atomic mass is 10.1. The number of nitrogens with two attached hydrogens (primary N) is 1. The maximum atomic E-state index is 11.3. The normalized spacial score (nSPS) is 11.4. The second-order valence-corrected chi connectivity index (χ2v) is 6.01. The summed E-state index contributed by atoms with van der Waals surface area (Å²) in [5.41, 5.74) is 9.90. The Morgan fingerprint density at radius 3 is 2.83 bits per heavy atom.